The van der Waals surface area contributed by atoms with Crippen molar-refractivity contribution in [3.8, 4) is 0 Å². The quantitative estimate of drug-likeness (QED) is 0.763. The van der Waals surface area contributed by atoms with E-state index in [0.29, 0.717) is 12.3 Å². The highest BCUT2D eigenvalue weighted by molar-refractivity contribution is 7.89. The van der Waals surface area contributed by atoms with Gasteiger partial charge >= 0.3 is 0 Å². The zero-order chi connectivity index (χ0) is 11.5. The Morgan fingerprint density at radius 2 is 2.13 bits per heavy atom. The topological polar surface area (TPSA) is 46.2 Å². The van der Waals surface area contributed by atoms with Crippen molar-refractivity contribution in [2.24, 2.45) is 5.41 Å². The van der Waals surface area contributed by atoms with Gasteiger partial charge in [-0.1, -0.05) is 13.8 Å². The molecule has 0 heterocycles. The summed E-state index contributed by atoms with van der Waals surface area (Å²) in [6.07, 6.45) is 3.50. The molecular formula is C10H20ClNO2S. The fourth-order valence-corrected chi connectivity index (χ4v) is 3.74. The molecule has 1 atom stereocenters. The number of halogens is 1. The van der Waals surface area contributed by atoms with Gasteiger partial charge in [-0.2, -0.15) is 0 Å². The summed E-state index contributed by atoms with van der Waals surface area (Å²) in [5.41, 5.74) is 0.277. The summed E-state index contributed by atoms with van der Waals surface area (Å²) in [6.45, 7) is 4.36. The molecule has 0 saturated heterocycles. The number of rotatable bonds is 5. The summed E-state index contributed by atoms with van der Waals surface area (Å²) in [6, 6.07) is 0.125. The van der Waals surface area contributed by atoms with Crippen molar-refractivity contribution in [1.82, 2.24) is 4.72 Å². The monoisotopic (exact) mass is 253 g/mol. The van der Waals surface area contributed by atoms with Crippen LogP contribution in [0, 0.1) is 5.41 Å². The predicted molar refractivity (Wildman–Crippen MR) is 63.7 cm³/mol. The molecule has 0 aromatic carbocycles. The molecule has 3 nitrogen and oxygen atoms in total. The molecule has 1 rings (SSSR count). The minimum absolute atomic E-state index is 0.125. The highest BCUT2D eigenvalue weighted by Gasteiger charge is 2.32. The molecule has 1 fully saturated rings. The Labute approximate surface area is 97.6 Å². The van der Waals surface area contributed by atoms with E-state index in [9.17, 15) is 8.42 Å². The molecule has 0 aromatic rings. The fourth-order valence-electron chi connectivity index (χ4n) is 2.09. The van der Waals surface area contributed by atoms with Gasteiger partial charge in [0.05, 0.1) is 5.75 Å². The van der Waals surface area contributed by atoms with Crippen LogP contribution in [0.2, 0.25) is 0 Å². The van der Waals surface area contributed by atoms with Gasteiger partial charge in [-0.15, -0.1) is 11.6 Å². The minimum atomic E-state index is -3.11. The first-order valence-corrected chi connectivity index (χ1v) is 7.59. The Kier molecular flexibility index (Phi) is 4.44. The third-order valence-corrected chi connectivity index (χ3v) is 4.65. The summed E-state index contributed by atoms with van der Waals surface area (Å²) in [7, 11) is -3.11. The first-order valence-electron chi connectivity index (χ1n) is 5.41. The summed E-state index contributed by atoms with van der Waals surface area (Å²) in [4.78, 5) is 0. The zero-order valence-corrected chi connectivity index (χ0v) is 11.0. The van der Waals surface area contributed by atoms with Crippen molar-refractivity contribution in [2.75, 3.05) is 11.6 Å². The standard InChI is InChI=1S/C10H20ClNO2S/c1-10(2)5-4-9(8-10)12-15(13,14)7-3-6-11/h9,12H,3-8H2,1-2H3. The predicted octanol–water partition coefficient (Wildman–Crippen LogP) is 2.11. The second kappa shape index (κ2) is 5.02. The van der Waals surface area contributed by atoms with Gasteiger partial charge in [-0.25, -0.2) is 13.1 Å². The van der Waals surface area contributed by atoms with Gasteiger partial charge in [0, 0.05) is 11.9 Å². The van der Waals surface area contributed by atoms with Crippen molar-refractivity contribution in [3.05, 3.63) is 0 Å². The molecule has 90 valence electrons. The number of alkyl halides is 1. The van der Waals surface area contributed by atoms with E-state index in [1.54, 1.807) is 0 Å². The van der Waals surface area contributed by atoms with Crippen LogP contribution in [0.25, 0.3) is 0 Å². The molecule has 0 aromatic heterocycles. The smallest absolute Gasteiger partial charge is 0.211 e. The molecule has 0 radical (unpaired) electrons. The number of nitrogens with one attached hydrogen (secondary N) is 1. The first kappa shape index (κ1) is 13.3. The molecule has 15 heavy (non-hydrogen) atoms. The van der Waals surface area contributed by atoms with Crippen molar-refractivity contribution >= 4 is 21.6 Å². The van der Waals surface area contributed by atoms with Gasteiger partial charge in [0.1, 0.15) is 0 Å². The van der Waals surface area contributed by atoms with Crippen molar-refractivity contribution in [3.63, 3.8) is 0 Å². The summed E-state index contributed by atoms with van der Waals surface area (Å²) < 4.78 is 25.9. The largest absolute Gasteiger partial charge is 0.212 e. The lowest BCUT2D eigenvalue weighted by molar-refractivity contribution is 0.372. The molecule has 0 spiro atoms. The highest BCUT2D eigenvalue weighted by atomic mass is 35.5. The average Bonchev–Trinajstić information content (AvgIpc) is 2.41. The van der Waals surface area contributed by atoms with Crippen LogP contribution in [-0.4, -0.2) is 26.1 Å². The number of hydrogen-bond donors (Lipinski definition) is 1. The van der Waals surface area contributed by atoms with Gasteiger partial charge in [-0.05, 0) is 31.1 Å². The van der Waals surface area contributed by atoms with Crippen LogP contribution < -0.4 is 4.72 Å². The van der Waals surface area contributed by atoms with Crippen LogP contribution in [0.15, 0.2) is 0 Å². The van der Waals surface area contributed by atoms with E-state index < -0.39 is 10.0 Å². The van der Waals surface area contributed by atoms with Gasteiger partial charge < -0.3 is 0 Å². The molecule has 5 heteroatoms. The molecule has 0 amide bonds. The zero-order valence-electron chi connectivity index (χ0n) is 9.42. The summed E-state index contributed by atoms with van der Waals surface area (Å²) in [5, 5.41) is 0. The second-order valence-corrected chi connectivity index (χ2v) is 7.33. The van der Waals surface area contributed by atoms with Crippen LogP contribution in [0.3, 0.4) is 0 Å². The van der Waals surface area contributed by atoms with Crippen LogP contribution in [0.5, 0.6) is 0 Å². The van der Waals surface area contributed by atoms with Crippen molar-refractivity contribution < 1.29 is 8.42 Å². The fraction of sp³-hybridized carbons (Fsp3) is 1.00. The van der Waals surface area contributed by atoms with Gasteiger partial charge in [0.15, 0.2) is 0 Å². The molecule has 1 N–H and O–H groups in total. The van der Waals surface area contributed by atoms with E-state index in [1.165, 1.54) is 0 Å². The van der Waals surface area contributed by atoms with Crippen molar-refractivity contribution in [1.29, 1.82) is 0 Å². The van der Waals surface area contributed by atoms with E-state index in [2.05, 4.69) is 18.6 Å². The molecule has 0 bridgehead atoms. The SMILES string of the molecule is CC1(C)CCC(NS(=O)(=O)CCCCl)C1. The van der Waals surface area contributed by atoms with Crippen LogP contribution in [0.4, 0.5) is 0 Å². The Hall–Kier alpha value is 0.200. The van der Waals surface area contributed by atoms with Crippen LogP contribution in [0.1, 0.15) is 39.5 Å². The van der Waals surface area contributed by atoms with E-state index in [-0.39, 0.29) is 17.2 Å². The Morgan fingerprint density at radius 1 is 1.47 bits per heavy atom. The lowest BCUT2D eigenvalue weighted by Crippen LogP contribution is -2.35. The van der Waals surface area contributed by atoms with Crippen LogP contribution in [-0.2, 0) is 10.0 Å². The van der Waals surface area contributed by atoms with Gasteiger partial charge in [-0.3, -0.25) is 0 Å². The summed E-state index contributed by atoms with van der Waals surface area (Å²) >= 11 is 5.48. The Balaban J connectivity index is 2.42. The summed E-state index contributed by atoms with van der Waals surface area (Å²) in [5.74, 6) is 0.546. The maximum absolute atomic E-state index is 11.6. The lowest BCUT2D eigenvalue weighted by Gasteiger charge is -2.17. The Bertz CT molecular complexity index is 301. The van der Waals surface area contributed by atoms with E-state index in [4.69, 9.17) is 11.6 Å². The molecule has 1 unspecified atom stereocenters. The van der Waals surface area contributed by atoms with E-state index in [0.717, 1.165) is 19.3 Å². The average molecular weight is 254 g/mol. The molecular weight excluding hydrogens is 234 g/mol. The third kappa shape index (κ3) is 4.70. The molecule has 1 aliphatic rings. The lowest BCUT2D eigenvalue weighted by atomic mass is 9.92. The molecule has 1 aliphatic carbocycles. The molecule has 1 saturated carbocycles. The highest BCUT2D eigenvalue weighted by Crippen LogP contribution is 2.37. The normalized spacial score (nSPS) is 25.7. The third-order valence-electron chi connectivity index (χ3n) is 2.86. The van der Waals surface area contributed by atoms with Crippen LogP contribution >= 0.6 is 11.6 Å². The van der Waals surface area contributed by atoms with E-state index >= 15 is 0 Å². The maximum atomic E-state index is 11.6. The van der Waals surface area contributed by atoms with Gasteiger partial charge in [0.25, 0.3) is 0 Å². The molecule has 0 aliphatic heterocycles. The first-order chi connectivity index (χ1) is 6.85. The maximum Gasteiger partial charge on any atom is 0.211 e. The minimum Gasteiger partial charge on any atom is -0.212 e. The van der Waals surface area contributed by atoms with Crippen molar-refractivity contribution in [2.45, 2.75) is 45.6 Å². The second-order valence-electron chi connectivity index (χ2n) is 5.08. The number of sulfonamides is 1. The van der Waals surface area contributed by atoms with Gasteiger partial charge in [0.2, 0.25) is 10.0 Å². The Morgan fingerprint density at radius 3 is 2.60 bits per heavy atom. The number of hydrogen-bond acceptors (Lipinski definition) is 2. The van der Waals surface area contributed by atoms with E-state index in [1.807, 2.05) is 0 Å².